The third kappa shape index (κ3) is 3.38. The molecule has 1 fully saturated rings. The molecular weight excluding hydrogens is 244 g/mol. The van der Waals surface area contributed by atoms with Gasteiger partial charge in [-0.05, 0) is 37.5 Å². The molecule has 0 spiro atoms. The van der Waals surface area contributed by atoms with Gasteiger partial charge in [0.15, 0.2) is 0 Å². The number of hydrogen-bond donors (Lipinski definition) is 0. The highest BCUT2D eigenvalue weighted by Crippen LogP contribution is 2.25. The highest BCUT2D eigenvalue weighted by Gasteiger charge is 2.18. The number of halogens is 1. The topological polar surface area (TPSA) is 16.1 Å². The Kier molecular flexibility index (Phi) is 4.87. The number of hydrogen-bond acceptors (Lipinski definition) is 2. The standard InChI is InChI=1S/C15H23ClN2/c1-12-9-13(11-16)10-15(17-12)18(2)14-7-5-3-4-6-8-14/h9-10,14H,3-8,11H2,1-2H3. The fourth-order valence-electron chi connectivity index (χ4n) is 2.81. The summed E-state index contributed by atoms with van der Waals surface area (Å²) < 4.78 is 0. The summed E-state index contributed by atoms with van der Waals surface area (Å²) in [7, 11) is 2.18. The van der Waals surface area contributed by atoms with Gasteiger partial charge in [-0.25, -0.2) is 4.98 Å². The molecule has 0 unspecified atom stereocenters. The minimum Gasteiger partial charge on any atom is -0.357 e. The number of alkyl halides is 1. The Morgan fingerprint density at radius 2 is 1.89 bits per heavy atom. The number of aryl methyl sites for hydroxylation is 1. The number of nitrogens with zero attached hydrogens (tertiary/aromatic N) is 2. The maximum atomic E-state index is 5.94. The van der Waals surface area contributed by atoms with Crippen molar-refractivity contribution in [3.63, 3.8) is 0 Å². The number of rotatable bonds is 3. The van der Waals surface area contributed by atoms with Gasteiger partial charge in [0.05, 0.1) is 0 Å². The SMILES string of the molecule is Cc1cc(CCl)cc(N(C)C2CCCCCC2)n1. The summed E-state index contributed by atoms with van der Waals surface area (Å²) in [6, 6.07) is 4.84. The lowest BCUT2D eigenvalue weighted by Crippen LogP contribution is -2.31. The lowest BCUT2D eigenvalue weighted by atomic mass is 10.1. The molecule has 0 bridgehead atoms. The zero-order chi connectivity index (χ0) is 13.0. The van der Waals surface area contributed by atoms with Gasteiger partial charge >= 0.3 is 0 Å². The van der Waals surface area contributed by atoms with Gasteiger partial charge in [0.25, 0.3) is 0 Å². The van der Waals surface area contributed by atoms with E-state index in [1.54, 1.807) is 0 Å². The summed E-state index contributed by atoms with van der Waals surface area (Å²) in [5, 5.41) is 0. The van der Waals surface area contributed by atoms with Gasteiger partial charge in [-0.15, -0.1) is 11.6 Å². The summed E-state index contributed by atoms with van der Waals surface area (Å²) in [5.74, 6) is 1.65. The zero-order valence-corrected chi connectivity index (χ0v) is 12.2. The number of pyridine rings is 1. The van der Waals surface area contributed by atoms with E-state index in [4.69, 9.17) is 11.6 Å². The molecule has 3 heteroatoms. The van der Waals surface area contributed by atoms with E-state index < -0.39 is 0 Å². The molecule has 18 heavy (non-hydrogen) atoms. The summed E-state index contributed by atoms with van der Waals surface area (Å²) >= 11 is 5.94. The van der Waals surface area contributed by atoms with E-state index in [0.717, 1.165) is 11.5 Å². The van der Waals surface area contributed by atoms with Crippen LogP contribution >= 0.6 is 11.6 Å². The van der Waals surface area contributed by atoms with Crippen LogP contribution in [-0.4, -0.2) is 18.1 Å². The smallest absolute Gasteiger partial charge is 0.129 e. The Bertz CT molecular complexity index is 384. The van der Waals surface area contributed by atoms with Gasteiger partial charge in [-0.1, -0.05) is 25.7 Å². The maximum Gasteiger partial charge on any atom is 0.129 e. The Hall–Kier alpha value is -0.760. The molecule has 0 aliphatic heterocycles. The Morgan fingerprint density at radius 1 is 1.22 bits per heavy atom. The van der Waals surface area contributed by atoms with E-state index in [9.17, 15) is 0 Å². The lowest BCUT2D eigenvalue weighted by Gasteiger charge is -2.28. The normalized spacial score (nSPS) is 17.5. The van der Waals surface area contributed by atoms with Crippen LogP contribution in [0, 0.1) is 6.92 Å². The van der Waals surface area contributed by atoms with Crippen molar-refractivity contribution in [1.29, 1.82) is 0 Å². The minimum atomic E-state index is 0.564. The average molecular weight is 267 g/mol. The van der Waals surface area contributed by atoms with Crippen LogP contribution in [0.3, 0.4) is 0 Å². The van der Waals surface area contributed by atoms with Crippen LogP contribution in [0.5, 0.6) is 0 Å². The second-order valence-electron chi connectivity index (χ2n) is 5.36. The van der Waals surface area contributed by atoms with Crippen LogP contribution < -0.4 is 4.90 Å². The van der Waals surface area contributed by atoms with Crippen LogP contribution in [0.15, 0.2) is 12.1 Å². The van der Waals surface area contributed by atoms with E-state index in [-0.39, 0.29) is 0 Å². The van der Waals surface area contributed by atoms with Crippen LogP contribution in [0.1, 0.15) is 49.8 Å². The molecule has 1 aromatic rings. The van der Waals surface area contributed by atoms with Crippen LogP contribution in [0.25, 0.3) is 0 Å². The predicted molar refractivity (Wildman–Crippen MR) is 78.4 cm³/mol. The first-order valence-electron chi connectivity index (χ1n) is 6.97. The number of anilines is 1. The molecule has 1 aromatic heterocycles. The van der Waals surface area contributed by atoms with E-state index in [0.29, 0.717) is 11.9 Å². The molecule has 0 aromatic carbocycles. The molecule has 1 aliphatic rings. The van der Waals surface area contributed by atoms with E-state index >= 15 is 0 Å². The van der Waals surface area contributed by atoms with Gasteiger partial charge in [0, 0.05) is 24.7 Å². The summed E-state index contributed by atoms with van der Waals surface area (Å²) in [5.41, 5.74) is 2.23. The van der Waals surface area contributed by atoms with Crippen molar-refractivity contribution in [2.45, 2.75) is 57.4 Å². The predicted octanol–water partition coefficient (Wildman–Crippen LogP) is 4.29. The zero-order valence-electron chi connectivity index (χ0n) is 11.5. The molecule has 2 rings (SSSR count). The highest BCUT2D eigenvalue weighted by molar-refractivity contribution is 6.17. The van der Waals surface area contributed by atoms with Gasteiger partial charge in [-0.3, -0.25) is 0 Å². The van der Waals surface area contributed by atoms with Crippen molar-refractivity contribution in [3.05, 3.63) is 23.4 Å². The Morgan fingerprint density at radius 3 is 2.50 bits per heavy atom. The molecule has 2 nitrogen and oxygen atoms in total. The molecule has 1 heterocycles. The minimum absolute atomic E-state index is 0.564. The van der Waals surface area contributed by atoms with Gasteiger partial charge < -0.3 is 4.90 Å². The highest BCUT2D eigenvalue weighted by atomic mass is 35.5. The van der Waals surface area contributed by atoms with Crippen molar-refractivity contribution in [1.82, 2.24) is 4.98 Å². The monoisotopic (exact) mass is 266 g/mol. The molecule has 0 amide bonds. The number of aromatic nitrogens is 1. The second kappa shape index (κ2) is 6.42. The van der Waals surface area contributed by atoms with Crippen LogP contribution in [0.2, 0.25) is 0 Å². The molecule has 0 saturated heterocycles. The molecular formula is C15H23ClN2. The van der Waals surface area contributed by atoms with Crippen LogP contribution in [-0.2, 0) is 5.88 Å². The molecule has 100 valence electrons. The average Bonchev–Trinajstić information content (AvgIpc) is 2.65. The van der Waals surface area contributed by atoms with E-state index in [1.807, 2.05) is 6.92 Å². The molecule has 1 aliphatic carbocycles. The quantitative estimate of drug-likeness (QED) is 0.599. The van der Waals surface area contributed by atoms with Crippen molar-refractivity contribution >= 4 is 17.4 Å². The first-order valence-corrected chi connectivity index (χ1v) is 7.50. The molecule has 0 radical (unpaired) electrons. The van der Waals surface area contributed by atoms with Crippen molar-refractivity contribution in [2.24, 2.45) is 0 Å². The molecule has 0 atom stereocenters. The van der Waals surface area contributed by atoms with Gasteiger partial charge in [-0.2, -0.15) is 0 Å². The van der Waals surface area contributed by atoms with Gasteiger partial charge in [0.2, 0.25) is 0 Å². The Balaban J connectivity index is 2.15. The van der Waals surface area contributed by atoms with Gasteiger partial charge in [0.1, 0.15) is 5.82 Å². The summed E-state index contributed by atoms with van der Waals surface area (Å²) in [6.07, 6.45) is 8.06. The second-order valence-corrected chi connectivity index (χ2v) is 5.63. The first-order chi connectivity index (χ1) is 8.70. The third-order valence-corrected chi connectivity index (χ3v) is 4.20. The lowest BCUT2D eigenvalue weighted by molar-refractivity contribution is 0.549. The maximum absolute atomic E-state index is 5.94. The Labute approximate surface area is 115 Å². The first kappa shape index (κ1) is 13.7. The van der Waals surface area contributed by atoms with Crippen LogP contribution in [0.4, 0.5) is 5.82 Å². The summed E-state index contributed by atoms with van der Waals surface area (Å²) in [6.45, 7) is 2.04. The third-order valence-electron chi connectivity index (χ3n) is 3.89. The molecule has 0 N–H and O–H groups in total. The summed E-state index contributed by atoms with van der Waals surface area (Å²) in [4.78, 5) is 7.01. The van der Waals surface area contributed by atoms with Crippen molar-refractivity contribution in [2.75, 3.05) is 11.9 Å². The fraction of sp³-hybridized carbons (Fsp3) is 0.667. The van der Waals surface area contributed by atoms with Crippen molar-refractivity contribution in [3.8, 4) is 0 Å². The fourth-order valence-corrected chi connectivity index (χ4v) is 2.97. The van der Waals surface area contributed by atoms with Crippen molar-refractivity contribution < 1.29 is 0 Å². The molecule has 1 saturated carbocycles. The largest absolute Gasteiger partial charge is 0.357 e. The van der Waals surface area contributed by atoms with E-state index in [2.05, 4.69) is 29.1 Å². The van der Waals surface area contributed by atoms with E-state index in [1.165, 1.54) is 44.1 Å².